The van der Waals surface area contributed by atoms with E-state index in [0.29, 0.717) is 24.2 Å². The molecule has 0 aliphatic rings. The normalized spacial score (nSPS) is 10.8. The molecule has 0 aliphatic heterocycles. The average Bonchev–Trinajstić information content (AvgIpc) is 2.83. The quantitative estimate of drug-likeness (QED) is 0.245. The Morgan fingerprint density at radius 2 is 1.75 bits per heavy atom. The summed E-state index contributed by atoms with van der Waals surface area (Å²) in [5.74, 6) is -0.517. The first-order valence-corrected chi connectivity index (χ1v) is 10.0. The third-order valence-electron chi connectivity index (χ3n) is 4.92. The number of nitro groups is 1. The Morgan fingerprint density at radius 3 is 2.38 bits per heavy atom. The van der Waals surface area contributed by atoms with E-state index in [1.54, 1.807) is 24.1 Å². The van der Waals surface area contributed by atoms with Crippen molar-refractivity contribution < 1.29 is 9.72 Å². The molecule has 160 valence electrons. The van der Waals surface area contributed by atoms with Crippen molar-refractivity contribution in [3.8, 4) is 6.07 Å². The molecule has 0 radical (unpaired) electrons. The molecular formula is C25H22N4O3. The number of carbonyl (C=O) groups is 1. The first-order chi connectivity index (χ1) is 15.5. The number of hydrogen-bond acceptors (Lipinski definition) is 5. The Morgan fingerprint density at radius 1 is 1.09 bits per heavy atom. The molecule has 3 aromatic rings. The van der Waals surface area contributed by atoms with Gasteiger partial charge in [-0.25, -0.2) is 0 Å². The monoisotopic (exact) mass is 426 g/mol. The molecule has 0 atom stereocenters. The lowest BCUT2D eigenvalue weighted by Gasteiger charge is -2.19. The smallest absolute Gasteiger partial charge is 0.293 e. The third kappa shape index (κ3) is 5.58. The van der Waals surface area contributed by atoms with Crippen LogP contribution in [0.3, 0.4) is 0 Å². The maximum atomic E-state index is 12.4. The van der Waals surface area contributed by atoms with Crippen molar-refractivity contribution in [3.05, 3.63) is 106 Å². The van der Waals surface area contributed by atoms with E-state index in [1.165, 1.54) is 12.1 Å². The Bertz CT molecular complexity index is 1170. The maximum absolute atomic E-state index is 12.4. The van der Waals surface area contributed by atoms with Gasteiger partial charge in [-0.3, -0.25) is 14.9 Å². The van der Waals surface area contributed by atoms with Crippen LogP contribution < -0.4 is 10.2 Å². The third-order valence-corrected chi connectivity index (χ3v) is 4.92. The van der Waals surface area contributed by atoms with Gasteiger partial charge in [0.2, 0.25) is 0 Å². The number of benzene rings is 3. The molecule has 0 saturated heterocycles. The van der Waals surface area contributed by atoms with Crippen molar-refractivity contribution in [2.24, 2.45) is 0 Å². The maximum Gasteiger partial charge on any atom is 0.293 e. The van der Waals surface area contributed by atoms with Crippen LogP contribution >= 0.6 is 0 Å². The molecule has 0 unspecified atom stereocenters. The highest BCUT2D eigenvalue weighted by atomic mass is 16.6. The molecule has 0 aromatic heterocycles. The molecule has 32 heavy (non-hydrogen) atoms. The lowest BCUT2D eigenvalue weighted by Crippen LogP contribution is -2.26. The van der Waals surface area contributed by atoms with Gasteiger partial charge in [-0.1, -0.05) is 54.6 Å². The van der Waals surface area contributed by atoms with E-state index in [2.05, 4.69) is 5.32 Å². The largest absolute Gasteiger partial charge is 0.351 e. The number of nitro benzene ring substituents is 1. The van der Waals surface area contributed by atoms with Crippen molar-refractivity contribution >= 4 is 29.0 Å². The van der Waals surface area contributed by atoms with Gasteiger partial charge in [0.1, 0.15) is 17.3 Å². The van der Waals surface area contributed by atoms with E-state index in [4.69, 9.17) is 0 Å². The zero-order valence-electron chi connectivity index (χ0n) is 17.6. The van der Waals surface area contributed by atoms with Gasteiger partial charge in [0.15, 0.2) is 0 Å². The number of nitriles is 1. The number of anilines is 2. The minimum atomic E-state index is -0.517. The molecule has 0 fully saturated rings. The number of amides is 1. The number of para-hydroxylation sites is 1. The lowest BCUT2D eigenvalue weighted by molar-refractivity contribution is -0.384. The zero-order valence-corrected chi connectivity index (χ0v) is 17.6. The molecule has 0 saturated carbocycles. The van der Waals surface area contributed by atoms with Crippen LogP contribution in [0.1, 0.15) is 11.1 Å². The van der Waals surface area contributed by atoms with Crippen LogP contribution in [0.5, 0.6) is 0 Å². The van der Waals surface area contributed by atoms with Crippen molar-refractivity contribution in [1.29, 1.82) is 5.26 Å². The highest BCUT2D eigenvalue weighted by molar-refractivity contribution is 6.01. The Hall–Kier alpha value is -4.44. The number of rotatable bonds is 8. The van der Waals surface area contributed by atoms with Gasteiger partial charge in [0.05, 0.1) is 4.92 Å². The minimum absolute atomic E-state index is 0.114. The first-order valence-electron chi connectivity index (χ1n) is 10.0. The standard InChI is InChI=1S/C25H22N4O3/c1-28(22-10-6-3-7-11-22)23-13-12-20(17-24(23)29(31)32)16-21(18-26)25(30)27-15-14-19-8-4-2-5-9-19/h2-13,16-17H,14-15H2,1H3,(H,27,30)/b21-16-. The molecule has 0 aliphatic carbocycles. The van der Waals surface area contributed by atoms with E-state index in [-0.39, 0.29) is 11.3 Å². The molecule has 3 rings (SSSR count). The fraction of sp³-hybridized carbons (Fsp3) is 0.120. The molecule has 1 amide bonds. The molecular weight excluding hydrogens is 404 g/mol. The molecule has 0 spiro atoms. The summed E-state index contributed by atoms with van der Waals surface area (Å²) in [5, 5.41) is 23.8. The number of carbonyl (C=O) groups excluding carboxylic acids is 1. The topological polar surface area (TPSA) is 99.3 Å². The number of hydrogen-bond donors (Lipinski definition) is 1. The summed E-state index contributed by atoms with van der Waals surface area (Å²) in [4.78, 5) is 25.3. The van der Waals surface area contributed by atoms with Crippen LogP contribution in [-0.2, 0) is 11.2 Å². The van der Waals surface area contributed by atoms with E-state index >= 15 is 0 Å². The number of nitrogens with one attached hydrogen (secondary N) is 1. The average molecular weight is 426 g/mol. The summed E-state index contributed by atoms with van der Waals surface area (Å²) in [6, 6.07) is 25.5. The molecule has 0 bridgehead atoms. The van der Waals surface area contributed by atoms with Gasteiger partial charge >= 0.3 is 0 Å². The first kappa shape index (κ1) is 22.2. The van der Waals surface area contributed by atoms with E-state index in [1.807, 2.05) is 66.7 Å². The Labute approximate surface area is 186 Å². The highest BCUT2D eigenvalue weighted by Crippen LogP contribution is 2.33. The van der Waals surface area contributed by atoms with E-state index < -0.39 is 10.8 Å². The van der Waals surface area contributed by atoms with Crippen LogP contribution in [0.15, 0.2) is 84.4 Å². The predicted molar refractivity (Wildman–Crippen MR) is 124 cm³/mol. The second-order valence-corrected chi connectivity index (χ2v) is 7.06. The van der Waals surface area contributed by atoms with Crippen LogP contribution in [0.25, 0.3) is 6.08 Å². The van der Waals surface area contributed by atoms with Crippen LogP contribution in [-0.4, -0.2) is 24.4 Å². The summed E-state index contributed by atoms with van der Waals surface area (Å²) < 4.78 is 0. The summed E-state index contributed by atoms with van der Waals surface area (Å²) >= 11 is 0. The molecule has 7 heteroatoms. The summed E-state index contributed by atoms with van der Waals surface area (Å²) in [6.45, 7) is 0.378. The molecule has 0 heterocycles. The van der Waals surface area contributed by atoms with Gasteiger partial charge in [0, 0.05) is 25.3 Å². The highest BCUT2D eigenvalue weighted by Gasteiger charge is 2.19. The second-order valence-electron chi connectivity index (χ2n) is 7.06. The molecule has 3 aromatic carbocycles. The van der Waals surface area contributed by atoms with Crippen molar-refractivity contribution in [3.63, 3.8) is 0 Å². The van der Waals surface area contributed by atoms with E-state index in [0.717, 1.165) is 11.3 Å². The fourth-order valence-corrected chi connectivity index (χ4v) is 3.23. The van der Waals surface area contributed by atoms with Gasteiger partial charge in [-0.15, -0.1) is 0 Å². The predicted octanol–water partition coefficient (Wildman–Crippen LogP) is 4.63. The van der Waals surface area contributed by atoms with Crippen molar-refractivity contribution in [2.45, 2.75) is 6.42 Å². The van der Waals surface area contributed by atoms with Crippen molar-refractivity contribution in [2.75, 3.05) is 18.5 Å². The van der Waals surface area contributed by atoms with Gasteiger partial charge in [0.25, 0.3) is 11.6 Å². The second kappa shape index (κ2) is 10.5. The van der Waals surface area contributed by atoms with Crippen molar-refractivity contribution in [1.82, 2.24) is 5.32 Å². The molecule has 7 nitrogen and oxygen atoms in total. The SMILES string of the molecule is CN(c1ccccc1)c1ccc(/C=C(/C#N)C(=O)NCCc2ccccc2)cc1[N+](=O)[O-]. The Kier molecular flexibility index (Phi) is 7.33. The summed E-state index contributed by atoms with van der Waals surface area (Å²) in [7, 11) is 1.74. The van der Waals surface area contributed by atoms with Gasteiger partial charge < -0.3 is 10.2 Å². The van der Waals surface area contributed by atoms with Crippen LogP contribution in [0.2, 0.25) is 0 Å². The fourth-order valence-electron chi connectivity index (χ4n) is 3.23. The van der Waals surface area contributed by atoms with Crippen LogP contribution in [0.4, 0.5) is 17.1 Å². The van der Waals surface area contributed by atoms with Crippen LogP contribution in [0, 0.1) is 21.4 Å². The van der Waals surface area contributed by atoms with Gasteiger partial charge in [-0.05, 0) is 41.8 Å². The zero-order chi connectivity index (χ0) is 22.9. The summed E-state index contributed by atoms with van der Waals surface area (Å²) in [6.07, 6.45) is 1.99. The molecule has 1 N–H and O–H groups in total. The Balaban J connectivity index is 1.78. The van der Waals surface area contributed by atoms with E-state index in [9.17, 15) is 20.2 Å². The minimum Gasteiger partial charge on any atom is -0.351 e. The summed E-state index contributed by atoms with van der Waals surface area (Å²) in [5.41, 5.74) is 2.45. The lowest BCUT2D eigenvalue weighted by atomic mass is 10.1. The number of nitrogens with zero attached hydrogens (tertiary/aromatic N) is 3. The van der Waals surface area contributed by atoms with Gasteiger partial charge in [-0.2, -0.15) is 5.26 Å².